The fourth-order valence-corrected chi connectivity index (χ4v) is 2.24. The molecule has 0 amide bonds. The molecule has 1 atom stereocenters. The number of para-hydroxylation sites is 2. The van der Waals surface area contributed by atoms with E-state index in [2.05, 4.69) is 0 Å². The molecule has 0 spiro atoms. The number of nitrogens with two attached hydrogens (primary N) is 1. The van der Waals surface area contributed by atoms with E-state index in [1.807, 2.05) is 0 Å². The van der Waals surface area contributed by atoms with Gasteiger partial charge in [-0.05, 0) is 25.0 Å². The van der Waals surface area contributed by atoms with Crippen molar-refractivity contribution in [2.45, 2.75) is 19.0 Å². The van der Waals surface area contributed by atoms with Crippen LogP contribution in [0, 0.1) is 5.92 Å². The van der Waals surface area contributed by atoms with Crippen molar-refractivity contribution in [3.8, 4) is 0 Å². The van der Waals surface area contributed by atoms with Crippen LogP contribution in [0.2, 0.25) is 0 Å². The second kappa shape index (κ2) is 4.47. The second-order valence-corrected chi connectivity index (χ2v) is 4.39. The van der Waals surface area contributed by atoms with Crippen LogP contribution in [-0.4, -0.2) is 19.3 Å². The number of alkyl halides is 3. The summed E-state index contributed by atoms with van der Waals surface area (Å²) in [5.41, 5.74) is 7.03. The van der Waals surface area contributed by atoms with Crippen LogP contribution >= 0.6 is 0 Å². The van der Waals surface area contributed by atoms with Gasteiger partial charge < -0.3 is 10.6 Å². The molecule has 0 aliphatic carbocycles. The number of rotatable bonds is 1. The zero-order valence-electron chi connectivity index (χ0n) is 9.37. The maximum atomic E-state index is 12.7. The topological polar surface area (TPSA) is 29.3 Å². The van der Waals surface area contributed by atoms with E-state index in [0.29, 0.717) is 24.3 Å². The first-order valence-corrected chi connectivity index (χ1v) is 5.64. The van der Waals surface area contributed by atoms with Gasteiger partial charge in [-0.1, -0.05) is 12.1 Å². The number of hydrogen-bond donors (Lipinski definition) is 1. The van der Waals surface area contributed by atoms with Gasteiger partial charge in [0.15, 0.2) is 0 Å². The minimum atomic E-state index is -4.11. The van der Waals surface area contributed by atoms with Crippen molar-refractivity contribution >= 4 is 11.4 Å². The van der Waals surface area contributed by atoms with Gasteiger partial charge in [-0.25, -0.2) is 0 Å². The van der Waals surface area contributed by atoms with E-state index in [0.717, 1.165) is 0 Å². The molecule has 1 aliphatic rings. The van der Waals surface area contributed by atoms with Crippen LogP contribution in [0.5, 0.6) is 0 Å². The number of piperidine rings is 1. The van der Waals surface area contributed by atoms with Gasteiger partial charge in [-0.3, -0.25) is 0 Å². The highest BCUT2D eigenvalue weighted by Crippen LogP contribution is 2.35. The van der Waals surface area contributed by atoms with E-state index in [1.165, 1.54) is 0 Å². The van der Waals surface area contributed by atoms with E-state index in [-0.39, 0.29) is 13.0 Å². The van der Waals surface area contributed by atoms with Gasteiger partial charge in [0.05, 0.1) is 17.3 Å². The highest BCUT2D eigenvalue weighted by atomic mass is 19.4. The lowest BCUT2D eigenvalue weighted by molar-refractivity contribution is -0.175. The quantitative estimate of drug-likeness (QED) is 0.769. The third kappa shape index (κ3) is 2.65. The maximum absolute atomic E-state index is 12.7. The molecule has 0 unspecified atom stereocenters. The minimum absolute atomic E-state index is 0.0116. The number of benzene rings is 1. The molecule has 1 fully saturated rings. The Bertz CT molecular complexity index is 390. The molecule has 2 N–H and O–H groups in total. The number of nitrogen functional groups attached to an aromatic ring is 1. The number of hydrogen-bond acceptors (Lipinski definition) is 2. The Morgan fingerprint density at radius 1 is 1.24 bits per heavy atom. The second-order valence-electron chi connectivity index (χ2n) is 4.39. The Morgan fingerprint density at radius 3 is 2.59 bits per heavy atom. The van der Waals surface area contributed by atoms with Crippen molar-refractivity contribution in [3.05, 3.63) is 24.3 Å². The summed E-state index contributed by atoms with van der Waals surface area (Å²) in [6.45, 7) is 0.651. The highest BCUT2D eigenvalue weighted by Gasteiger charge is 2.41. The molecule has 2 nitrogen and oxygen atoms in total. The summed E-state index contributed by atoms with van der Waals surface area (Å²) >= 11 is 0. The number of anilines is 2. The lowest BCUT2D eigenvalue weighted by Gasteiger charge is -2.35. The third-order valence-corrected chi connectivity index (χ3v) is 3.16. The normalized spacial score (nSPS) is 21.6. The Hall–Kier alpha value is -1.39. The zero-order valence-corrected chi connectivity index (χ0v) is 9.37. The first kappa shape index (κ1) is 12.1. The summed E-state index contributed by atoms with van der Waals surface area (Å²) in [7, 11) is 0. The molecule has 1 saturated heterocycles. The summed E-state index contributed by atoms with van der Waals surface area (Å²) in [4.78, 5) is 1.73. The molecule has 0 bridgehead atoms. The van der Waals surface area contributed by atoms with Crippen molar-refractivity contribution < 1.29 is 13.2 Å². The Kier molecular flexibility index (Phi) is 3.17. The molecule has 0 saturated carbocycles. The first-order chi connectivity index (χ1) is 7.98. The summed E-state index contributed by atoms with van der Waals surface area (Å²) in [5, 5.41) is 0. The molecular weight excluding hydrogens is 229 g/mol. The molecule has 1 heterocycles. The van der Waals surface area contributed by atoms with Crippen LogP contribution in [0.25, 0.3) is 0 Å². The van der Waals surface area contributed by atoms with E-state index in [9.17, 15) is 13.2 Å². The minimum Gasteiger partial charge on any atom is -0.397 e. The molecule has 2 rings (SSSR count). The Balaban J connectivity index is 2.15. The van der Waals surface area contributed by atoms with Gasteiger partial charge in [-0.15, -0.1) is 0 Å². The lowest BCUT2D eigenvalue weighted by Crippen LogP contribution is -2.42. The van der Waals surface area contributed by atoms with Crippen LogP contribution in [0.3, 0.4) is 0 Å². The van der Waals surface area contributed by atoms with Gasteiger partial charge in [0.2, 0.25) is 0 Å². The maximum Gasteiger partial charge on any atom is 0.393 e. The van der Waals surface area contributed by atoms with Crippen molar-refractivity contribution in [2.24, 2.45) is 5.92 Å². The van der Waals surface area contributed by atoms with Gasteiger partial charge in [-0.2, -0.15) is 13.2 Å². The molecule has 1 aliphatic heterocycles. The summed E-state index contributed by atoms with van der Waals surface area (Å²) in [5.74, 6) is -1.24. The fraction of sp³-hybridized carbons (Fsp3) is 0.500. The highest BCUT2D eigenvalue weighted by molar-refractivity contribution is 5.67. The summed E-state index contributed by atoms with van der Waals surface area (Å²) < 4.78 is 38.0. The third-order valence-electron chi connectivity index (χ3n) is 3.16. The molecule has 5 heteroatoms. The van der Waals surface area contributed by atoms with Gasteiger partial charge in [0.25, 0.3) is 0 Å². The van der Waals surface area contributed by atoms with Crippen molar-refractivity contribution in [1.29, 1.82) is 0 Å². The molecule has 94 valence electrons. The van der Waals surface area contributed by atoms with Gasteiger partial charge >= 0.3 is 6.18 Å². The van der Waals surface area contributed by atoms with Crippen LogP contribution < -0.4 is 10.6 Å². The average Bonchev–Trinajstić information content (AvgIpc) is 2.29. The molecule has 0 aromatic heterocycles. The predicted molar refractivity (Wildman–Crippen MR) is 61.8 cm³/mol. The standard InChI is InChI=1S/C12H15F3N2/c13-12(14,15)9-4-3-7-17(8-9)11-6-2-1-5-10(11)16/h1-2,5-6,9H,3-4,7-8,16H2/t9-/m0/s1. The van der Waals surface area contributed by atoms with E-state index in [1.54, 1.807) is 29.2 Å². The Labute approximate surface area is 98.2 Å². The van der Waals surface area contributed by atoms with Crippen LogP contribution in [0.4, 0.5) is 24.5 Å². The first-order valence-electron chi connectivity index (χ1n) is 5.64. The molecule has 1 aromatic carbocycles. The van der Waals surface area contributed by atoms with Crippen molar-refractivity contribution in [1.82, 2.24) is 0 Å². The van der Waals surface area contributed by atoms with Crippen LogP contribution in [0.15, 0.2) is 24.3 Å². The smallest absolute Gasteiger partial charge is 0.393 e. The average molecular weight is 244 g/mol. The molecule has 1 aromatic rings. The van der Waals surface area contributed by atoms with Gasteiger partial charge in [0.1, 0.15) is 0 Å². The van der Waals surface area contributed by atoms with Gasteiger partial charge in [0, 0.05) is 13.1 Å². The molecule has 17 heavy (non-hydrogen) atoms. The molecular formula is C12H15F3N2. The largest absolute Gasteiger partial charge is 0.397 e. The van der Waals surface area contributed by atoms with E-state index in [4.69, 9.17) is 5.73 Å². The van der Waals surface area contributed by atoms with Crippen molar-refractivity contribution in [3.63, 3.8) is 0 Å². The van der Waals surface area contributed by atoms with E-state index < -0.39 is 12.1 Å². The summed E-state index contributed by atoms with van der Waals surface area (Å²) in [6.07, 6.45) is -3.34. The van der Waals surface area contributed by atoms with Crippen LogP contribution in [0.1, 0.15) is 12.8 Å². The van der Waals surface area contributed by atoms with Crippen molar-refractivity contribution in [2.75, 3.05) is 23.7 Å². The monoisotopic (exact) mass is 244 g/mol. The van der Waals surface area contributed by atoms with Crippen LogP contribution in [-0.2, 0) is 0 Å². The Morgan fingerprint density at radius 2 is 1.94 bits per heavy atom. The SMILES string of the molecule is Nc1ccccc1N1CCC[C@H](C(F)(F)F)C1. The molecule has 0 radical (unpaired) electrons. The zero-order chi connectivity index (χ0) is 12.5. The number of nitrogens with zero attached hydrogens (tertiary/aromatic N) is 1. The number of halogens is 3. The lowest BCUT2D eigenvalue weighted by atomic mass is 9.97. The predicted octanol–water partition coefficient (Wildman–Crippen LogP) is 3.05. The van der Waals surface area contributed by atoms with E-state index >= 15 is 0 Å². The fourth-order valence-electron chi connectivity index (χ4n) is 2.24. The summed E-state index contributed by atoms with van der Waals surface area (Å²) in [6, 6.07) is 7.06.